The molecule has 0 bridgehead atoms. The second kappa shape index (κ2) is 7.46. The third-order valence-corrected chi connectivity index (χ3v) is 1.98. The van der Waals surface area contributed by atoms with E-state index < -0.39 is 24.9 Å². The van der Waals surface area contributed by atoms with Crippen molar-refractivity contribution in [2.75, 3.05) is 6.61 Å². The Bertz CT molecular complexity index is 207. The van der Waals surface area contributed by atoms with Crippen LogP contribution in [0.15, 0.2) is 0 Å². The van der Waals surface area contributed by atoms with Gasteiger partial charge in [-0.25, -0.2) is 8.78 Å². The summed E-state index contributed by atoms with van der Waals surface area (Å²) in [7, 11) is 0. The summed E-state index contributed by atoms with van der Waals surface area (Å²) in [6, 6.07) is 0. The molecule has 0 amide bonds. The largest absolute Gasteiger partial charge is 0.459 e. The van der Waals surface area contributed by atoms with Crippen molar-refractivity contribution in [3.8, 4) is 0 Å². The van der Waals surface area contributed by atoms with Crippen LogP contribution in [0.25, 0.3) is 0 Å². The first-order valence-corrected chi connectivity index (χ1v) is 5.21. The summed E-state index contributed by atoms with van der Waals surface area (Å²) in [6.45, 7) is 0.443. The van der Waals surface area contributed by atoms with Crippen LogP contribution < -0.4 is 0 Å². The van der Waals surface area contributed by atoms with Crippen molar-refractivity contribution in [3.63, 3.8) is 0 Å². The summed E-state index contributed by atoms with van der Waals surface area (Å²) in [5.41, 5.74) is 0. The molecule has 0 aromatic heterocycles. The number of carbonyl (C=O) groups is 1. The van der Waals surface area contributed by atoms with Crippen LogP contribution in [0.3, 0.4) is 0 Å². The summed E-state index contributed by atoms with van der Waals surface area (Å²) in [5.74, 6) is -5.10. The SMILES string of the molecule is CCCCCCC(=O)OCC(F)(F)C(F)F. The van der Waals surface area contributed by atoms with Gasteiger partial charge < -0.3 is 4.74 Å². The average Bonchev–Trinajstić information content (AvgIpc) is 2.21. The molecule has 0 fully saturated rings. The molecule has 0 aliphatic heterocycles. The summed E-state index contributed by atoms with van der Waals surface area (Å²) in [5, 5.41) is 0. The monoisotopic (exact) mass is 244 g/mol. The molecular formula is C10H16F4O2. The fourth-order valence-corrected chi connectivity index (χ4v) is 1.01. The molecule has 0 radical (unpaired) electrons. The van der Waals surface area contributed by atoms with E-state index in [4.69, 9.17) is 0 Å². The summed E-state index contributed by atoms with van der Waals surface area (Å²) in [6.07, 6.45) is -0.539. The molecule has 0 saturated carbocycles. The lowest BCUT2D eigenvalue weighted by Gasteiger charge is -2.14. The Labute approximate surface area is 92.0 Å². The molecular weight excluding hydrogens is 228 g/mol. The normalized spacial score (nSPS) is 11.9. The Kier molecular flexibility index (Phi) is 7.08. The fourth-order valence-electron chi connectivity index (χ4n) is 1.01. The zero-order valence-corrected chi connectivity index (χ0v) is 9.15. The lowest BCUT2D eigenvalue weighted by Crippen LogP contribution is -2.33. The van der Waals surface area contributed by atoms with Crippen molar-refractivity contribution in [2.45, 2.75) is 51.4 Å². The van der Waals surface area contributed by atoms with Gasteiger partial charge in [0.15, 0.2) is 6.61 Å². The van der Waals surface area contributed by atoms with Crippen LogP contribution in [0.4, 0.5) is 17.6 Å². The standard InChI is InChI=1S/C10H16F4O2/c1-2-3-4-5-6-8(15)16-7-10(13,14)9(11)12/h9H,2-7H2,1H3. The number of hydrogen-bond donors (Lipinski definition) is 0. The first-order valence-electron chi connectivity index (χ1n) is 5.21. The highest BCUT2D eigenvalue weighted by atomic mass is 19.3. The van der Waals surface area contributed by atoms with Crippen LogP contribution in [0.5, 0.6) is 0 Å². The lowest BCUT2D eigenvalue weighted by molar-refractivity contribution is -0.179. The van der Waals surface area contributed by atoms with Gasteiger partial charge in [0.1, 0.15) is 0 Å². The van der Waals surface area contributed by atoms with Crippen molar-refractivity contribution in [2.24, 2.45) is 0 Å². The van der Waals surface area contributed by atoms with Crippen LogP contribution in [-0.4, -0.2) is 24.9 Å². The zero-order valence-electron chi connectivity index (χ0n) is 9.15. The van der Waals surface area contributed by atoms with E-state index in [0.717, 1.165) is 19.3 Å². The van der Waals surface area contributed by atoms with E-state index >= 15 is 0 Å². The minimum absolute atomic E-state index is 0.000676. The zero-order chi connectivity index (χ0) is 12.6. The van der Waals surface area contributed by atoms with Gasteiger partial charge in [0.05, 0.1) is 0 Å². The maximum Gasteiger partial charge on any atom is 0.340 e. The maximum atomic E-state index is 12.3. The van der Waals surface area contributed by atoms with Crippen molar-refractivity contribution in [3.05, 3.63) is 0 Å². The van der Waals surface area contributed by atoms with Crippen LogP contribution in [0, 0.1) is 0 Å². The topological polar surface area (TPSA) is 26.3 Å². The van der Waals surface area contributed by atoms with E-state index in [1.807, 2.05) is 6.92 Å². The number of ether oxygens (including phenoxy) is 1. The van der Waals surface area contributed by atoms with Gasteiger partial charge in [-0.2, -0.15) is 8.78 Å². The van der Waals surface area contributed by atoms with Crippen LogP contribution in [-0.2, 0) is 9.53 Å². The smallest absolute Gasteiger partial charge is 0.340 e. The molecule has 2 nitrogen and oxygen atoms in total. The predicted molar refractivity (Wildman–Crippen MR) is 50.7 cm³/mol. The predicted octanol–water partition coefficient (Wildman–Crippen LogP) is 3.40. The third kappa shape index (κ3) is 6.63. The van der Waals surface area contributed by atoms with Crippen molar-refractivity contribution >= 4 is 5.97 Å². The minimum Gasteiger partial charge on any atom is -0.459 e. The van der Waals surface area contributed by atoms with E-state index in [9.17, 15) is 22.4 Å². The van der Waals surface area contributed by atoms with Gasteiger partial charge in [0.25, 0.3) is 0 Å². The Morgan fingerprint density at radius 1 is 1.25 bits per heavy atom. The van der Waals surface area contributed by atoms with Gasteiger partial charge in [-0.1, -0.05) is 26.2 Å². The molecule has 0 heterocycles. The number of esters is 1. The number of carbonyl (C=O) groups excluding carboxylic acids is 1. The second-order valence-electron chi connectivity index (χ2n) is 3.53. The first kappa shape index (κ1) is 15.2. The average molecular weight is 244 g/mol. The van der Waals surface area contributed by atoms with E-state index in [1.165, 1.54) is 0 Å². The molecule has 0 saturated heterocycles. The van der Waals surface area contributed by atoms with Gasteiger partial charge in [-0.05, 0) is 6.42 Å². The van der Waals surface area contributed by atoms with Crippen LogP contribution in [0.1, 0.15) is 39.0 Å². The Hall–Kier alpha value is -0.810. The molecule has 0 spiro atoms. The molecule has 16 heavy (non-hydrogen) atoms. The highest BCUT2D eigenvalue weighted by molar-refractivity contribution is 5.69. The lowest BCUT2D eigenvalue weighted by atomic mass is 10.2. The van der Waals surface area contributed by atoms with Gasteiger partial charge in [-0.15, -0.1) is 0 Å². The molecule has 0 rings (SSSR count). The third-order valence-electron chi connectivity index (χ3n) is 1.98. The minimum atomic E-state index is -4.25. The highest BCUT2D eigenvalue weighted by Gasteiger charge is 2.42. The number of halogens is 4. The summed E-state index contributed by atoms with van der Waals surface area (Å²) < 4.78 is 52.1. The van der Waals surface area contributed by atoms with E-state index in [-0.39, 0.29) is 6.42 Å². The molecule has 0 unspecified atom stereocenters. The maximum absolute atomic E-state index is 12.3. The van der Waals surface area contributed by atoms with Crippen molar-refractivity contribution < 1.29 is 27.1 Å². The van der Waals surface area contributed by atoms with E-state index in [0.29, 0.717) is 6.42 Å². The fraction of sp³-hybridized carbons (Fsp3) is 0.900. The molecule has 0 N–H and O–H groups in total. The second-order valence-corrected chi connectivity index (χ2v) is 3.53. The molecule has 6 heteroatoms. The molecule has 0 atom stereocenters. The molecule has 0 aromatic carbocycles. The molecule has 0 aromatic rings. The van der Waals surface area contributed by atoms with Crippen molar-refractivity contribution in [1.82, 2.24) is 0 Å². The Balaban J connectivity index is 3.65. The summed E-state index contributed by atoms with van der Waals surface area (Å²) in [4.78, 5) is 10.9. The number of unbranched alkanes of at least 4 members (excludes halogenated alkanes) is 3. The molecule has 0 aliphatic carbocycles. The first-order chi connectivity index (χ1) is 7.40. The van der Waals surface area contributed by atoms with Gasteiger partial charge >= 0.3 is 18.3 Å². The number of rotatable bonds is 8. The van der Waals surface area contributed by atoms with Gasteiger partial charge in [0.2, 0.25) is 0 Å². The number of alkyl halides is 4. The van der Waals surface area contributed by atoms with Crippen molar-refractivity contribution in [1.29, 1.82) is 0 Å². The van der Waals surface area contributed by atoms with Gasteiger partial charge in [0, 0.05) is 6.42 Å². The van der Waals surface area contributed by atoms with Crippen LogP contribution in [0.2, 0.25) is 0 Å². The Morgan fingerprint density at radius 2 is 1.88 bits per heavy atom. The quantitative estimate of drug-likeness (QED) is 0.371. The van der Waals surface area contributed by atoms with Crippen LogP contribution >= 0.6 is 0 Å². The highest BCUT2D eigenvalue weighted by Crippen LogP contribution is 2.23. The number of hydrogen-bond acceptors (Lipinski definition) is 2. The Morgan fingerprint density at radius 3 is 2.38 bits per heavy atom. The van der Waals surface area contributed by atoms with E-state index in [1.54, 1.807) is 0 Å². The van der Waals surface area contributed by atoms with Gasteiger partial charge in [-0.3, -0.25) is 4.79 Å². The van der Waals surface area contributed by atoms with E-state index in [2.05, 4.69) is 4.74 Å². The molecule has 0 aliphatic rings. The molecule has 96 valence electrons. The summed E-state index contributed by atoms with van der Waals surface area (Å²) >= 11 is 0.